The van der Waals surface area contributed by atoms with Crippen LogP contribution in [0, 0.1) is 0 Å². The van der Waals surface area contributed by atoms with Crippen molar-refractivity contribution in [2.24, 2.45) is 0 Å². The zero-order valence-electron chi connectivity index (χ0n) is 34.6. The zero-order chi connectivity index (χ0) is 39.7. The van der Waals surface area contributed by atoms with Crippen molar-refractivity contribution >= 4 is 41.0 Å². The van der Waals surface area contributed by atoms with Gasteiger partial charge in [0.2, 0.25) is 0 Å². The molecular formula is C38H72O12Si2. The van der Waals surface area contributed by atoms with Crippen LogP contribution in [-0.2, 0) is 55.8 Å². The largest absolute Gasteiger partial charge is 0.465 e. The maximum Gasteiger partial charge on any atom is 0.349 e. The first-order chi connectivity index (χ1) is 24.0. The van der Waals surface area contributed by atoms with Gasteiger partial charge in [-0.2, -0.15) is 0 Å². The second kappa shape index (κ2) is 21.9. The van der Waals surface area contributed by atoms with Gasteiger partial charge in [-0.15, -0.1) is 0 Å². The Bertz CT molecular complexity index is 929. The van der Waals surface area contributed by atoms with E-state index in [1.54, 1.807) is 0 Å². The average molecular weight is 777 g/mol. The fourth-order valence-electron chi connectivity index (χ4n) is 6.93. The molecule has 0 aromatic heterocycles. The molecule has 304 valence electrons. The molecule has 0 radical (unpaired) electrons. The van der Waals surface area contributed by atoms with Gasteiger partial charge in [0.25, 0.3) is 0 Å². The lowest BCUT2D eigenvalue weighted by Crippen LogP contribution is -2.57. The number of ether oxygens (including phenoxy) is 4. The molecule has 1 heterocycles. The molecule has 1 rings (SSSR count). The van der Waals surface area contributed by atoms with Crippen molar-refractivity contribution in [2.75, 3.05) is 52.9 Å². The minimum absolute atomic E-state index is 0.180. The molecular weight excluding hydrogens is 705 g/mol. The standard InChI is InChI=1S/C38H72O12Si2/c1-35(2,3)51(36(4,5)6)47-25-17-13-21-43-31(39)29-33(41)45-23-15-19-27-49-52(37(7,8)9,38(10,11)12)50-28-20-16-24-46-34(42)30-32(40)44-22-14-18-26-48-51/h13-30H2,1-12H3. The first kappa shape index (κ1) is 48.2. The summed E-state index contributed by atoms with van der Waals surface area (Å²) in [6, 6.07) is 0. The van der Waals surface area contributed by atoms with E-state index >= 15 is 0 Å². The van der Waals surface area contributed by atoms with Gasteiger partial charge >= 0.3 is 41.0 Å². The van der Waals surface area contributed by atoms with E-state index in [2.05, 4.69) is 83.1 Å². The van der Waals surface area contributed by atoms with Crippen molar-refractivity contribution in [3.8, 4) is 0 Å². The van der Waals surface area contributed by atoms with Crippen LogP contribution >= 0.6 is 0 Å². The molecule has 1 saturated heterocycles. The molecule has 12 nitrogen and oxygen atoms in total. The van der Waals surface area contributed by atoms with Crippen LogP contribution in [0.4, 0.5) is 0 Å². The van der Waals surface area contributed by atoms with E-state index in [-0.39, 0.29) is 46.6 Å². The number of hydrogen-bond acceptors (Lipinski definition) is 12. The second-order valence-electron chi connectivity index (χ2n) is 17.7. The van der Waals surface area contributed by atoms with E-state index < -0.39 is 53.8 Å². The van der Waals surface area contributed by atoms with Crippen molar-refractivity contribution in [1.82, 2.24) is 0 Å². The molecule has 0 aromatic rings. The molecule has 1 aliphatic heterocycles. The highest BCUT2D eigenvalue weighted by Gasteiger charge is 2.59. The molecule has 0 spiro atoms. The Morgan fingerprint density at radius 2 is 0.500 bits per heavy atom. The average Bonchev–Trinajstić information content (AvgIpc) is 2.98. The highest BCUT2D eigenvalue weighted by molar-refractivity contribution is 6.74. The lowest BCUT2D eigenvalue weighted by molar-refractivity contribution is -0.156. The van der Waals surface area contributed by atoms with Gasteiger partial charge in [-0.05, 0) is 51.4 Å². The van der Waals surface area contributed by atoms with Gasteiger partial charge in [0.15, 0.2) is 0 Å². The van der Waals surface area contributed by atoms with Crippen molar-refractivity contribution < 1.29 is 55.8 Å². The van der Waals surface area contributed by atoms with Gasteiger partial charge in [0.05, 0.1) is 26.4 Å². The highest BCUT2D eigenvalue weighted by atomic mass is 28.4. The Balaban J connectivity index is 2.92. The molecule has 52 heavy (non-hydrogen) atoms. The minimum Gasteiger partial charge on any atom is -0.465 e. The van der Waals surface area contributed by atoms with Gasteiger partial charge in [-0.25, -0.2) is 0 Å². The number of carbonyl (C=O) groups is 4. The summed E-state index contributed by atoms with van der Waals surface area (Å²) in [4.78, 5) is 49.2. The molecule has 0 saturated carbocycles. The fraction of sp³-hybridized carbons (Fsp3) is 0.895. The summed E-state index contributed by atoms with van der Waals surface area (Å²) >= 11 is 0. The highest BCUT2D eigenvalue weighted by Crippen LogP contribution is 2.53. The monoisotopic (exact) mass is 776 g/mol. The summed E-state index contributed by atoms with van der Waals surface area (Å²) in [5.74, 6) is -2.43. The summed E-state index contributed by atoms with van der Waals surface area (Å²) in [5.41, 5.74) is 0. The van der Waals surface area contributed by atoms with E-state index in [4.69, 9.17) is 36.7 Å². The van der Waals surface area contributed by atoms with Crippen LogP contribution in [0.5, 0.6) is 0 Å². The van der Waals surface area contributed by atoms with Crippen molar-refractivity contribution in [3.63, 3.8) is 0 Å². The summed E-state index contributed by atoms with van der Waals surface area (Å²) in [5, 5.41) is -0.972. The molecule has 0 atom stereocenters. The third-order valence-electron chi connectivity index (χ3n) is 8.96. The smallest absolute Gasteiger partial charge is 0.349 e. The van der Waals surface area contributed by atoms with Crippen LogP contribution in [0.2, 0.25) is 20.2 Å². The summed E-state index contributed by atoms with van der Waals surface area (Å²) < 4.78 is 47.8. The molecule has 0 unspecified atom stereocenters. The summed E-state index contributed by atoms with van der Waals surface area (Å²) in [6.45, 7) is 28.1. The fourth-order valence-corrected chi connectivity index (χ4v) is 16.8. The maximum absolute atomic E-state index is 12.3. The summed E-state index contributed by atoms with van der Waals surface area (Å²) in [6.07, 6.45) is 4.08. The third kappa shape index (κ3) is 15.9. The van der Waals surface area contributed by atoms with Gasteiger partial charge in [-0.1, -0.05) is 83.1 Å². The first-order valence-corrected chi connectivity index (χ1v) is 22.8. The number of cyclic esters (lactones) is 4. The van der Waals surface area contributed by atoms with Gasteiger partial charge < -0.3 is 36.7 Å². The van der Waals surface area contributed by atoms with Crippen molar-refractivity contribution in [2.45, 2.75) is 167 Å². The molecule has 0 N–H and O–H groups in total. The Kier molecular flexibility index (Phi) is 20.3. The summed E-state index contributed by atoms with van der Waals surface area (Å²) in [7, 11) is -5.64. The molecule has 14 heteroatoms. The van der Waals surface area contributed by atoms with E-state index in [9.17, 15) is 19.2 Å². The zero-order valence-corrected chi connectivity index (χ0v) is 36.6. The van der Waals surface area contributed by atoms with E-state index in [0.717, 1.165) is 0 Å². The minimum atomic E-state index is -2.82. The Hall–Kier alpha value is -1.85. The Labute approximate surface area is 316 Å². The Morgan fingerprint density at radius 1 is 0.327 bits per heavy atom. The van der Waals surface area contributed by atoms with Crippen molar-refractivity contribution in [3.05, 3.63) is 0 Å². The van der Waals surface area contributed by atoms with E-state index in [1.165, 1.54) is 0 Å². The van der Waals surface area contributed by atoms with Crippen LogP contribution < -0.4 is 0 Å². The van der Waals surface area contributed by atoms with Crippen LogP contribution in [-0.4, -0.2) is 93.9 Å². The molecule has 0 bridgehead atoms. The van der Waals surface area contributed by atoms with E-state index in [1.807, 2.05) is 0 Å². The number of esters is 4. The van der Waals surface area contributed by atoms with Crippen molar-refractivity contribution in [1.29, 1.82) is 0 Å². The van der Waals surface area contributed by atoms with Crippen LogP contribution in [0.1, 0.15) is 147 Å². The van der Waals surface area contributed by atoms with Gasteiger partial charge in [-0.3, -0.25) is 19.2 Å². The first-order valence-electron chi connectivity index (χ1n) is 19.2. The number of rotatable bonds is 0. The van der Waals surface area contributed by atoms with E-state index in [0.29, 0.717) is 77.8 Å². The topological polar surface area (TPSA) is 142 Å². The lowest BCUT2D eigenvalue weighted by Gasteiger charge is -2.49. The Morgan fingerprint density at radius 3 is 0.673 bits per heavy atom. The van der Waals surface area contributed by atoms with Crippen LogP contribution in [0.15, 0.2) is 0 Å². The molecule has 0 aliphatic carbocycles. The van der Waals surface area contributed by atoms with Crippen LogP contribution in [0.3, 0.4) is 0 Å². The third-order valence-corrected chi connectivity index (χ3v) is 19.3. The molecule has 1 aliphatic rings. The number of hydrogen-bond donors (Lipinski definition) is 0. The lowest BCUT2D eigenvalue weighted by atomic mass is 10.2. The van der Waals surface area contributed by atoms with Gasteiger partial charge in [0.1, 0.15) is 12.8 Å². The molecule has 1 fully saturated rings. The predicted molar refractivity (Wildman–Crippen MR) is 204 cm³/mol. The SMILES string of the molecule is CC(C)(C)[Si]1(C(C)(C)C)OCCCCOC(=O)CC(=O)OCCCCO[Si](C(C)(C)C)(C(C)(C)C)OCCCCOC(=O)CC(=O)OCCCCO1. The molecule has 0 aromatic carbocycles. The normalized spacial score (nSPS) is 22.4. The maximum atomic E-state index is 12.3. The quantitative estimate of drug-likeness (QED) is 0.101. The van der Waals surface area contributed by atoms with Gasteiger partial charge in [0, 0.05) is 46.6 Å². The second-order valence-corrected chi connectivity index (χ2v) is 27.3. The van der Waals surface area contributed by atoms with Crippen LogP contribution in [0.25, 0.3) is 0 Å². The number of carbonyl (C=O) groups excluding carboxylic acids is 4. The molecule has 0 amide bonds. The predicted octanol–water partition coefficient (Wildman–Crippen LogP) is 8.23.